The molecule has 2 aliphatic heterocycles. The Labute approximate surface area is 232 Å². The smallest absolute Gasteiger partial charge is 0.328 e. The number of nitrogens with one attached hydrogen (secondary N) is 1. The summed E-state index contributed by atoms with van der Waals surface area (Å²) in [5.41, 5.74) is 1.86. The number of rotatable bonds is 8. The summed E-state index contributed by atoms with van der Waals surface area (Å²) < 4.78 is 16.9. The van der Waals surface area contributed by atoms with Gasteiger partial charge in [0.05, 0.1) is 12.3 Å². The second kappa shape index (κ2) is 12.0. The third kappa shape index (κ3) is 5.61. The van der Waals surface area contributed by atoms with E-state index in [0.717, 1.165) is 24.8 Å². The summed E-state index contributed by atoms with van der Waals surface area (Å²) >= 11 is 0. The molecule has 0 unspecified atom stereocenters. The van der Waals surface area contributed by atoms with E-state index in [1.165, 1.54) is 17.2 Å². The quantitative estimate of drug-likeness (QED) is 0.492. The zero-order valence-electron chi connectivity index (χ0n) is 22.6. The first-order valence-electron chi connectivity index (χ1n) is 13.4. The summed E-state index contributed by atoms with van der Waals surface area (Å²) in [7, 11) is 3.30. The first-order chi connectivity index (χ1) is 19.4. The molecule has 3 atom stereocenters. The molecule has 0 spiro atoms. The number of nitrogens with zero attached hydrogens (tertiary/aromatic N) is 5. The van der Waals surface area contributed by atoms with Crippen molar-refractivity contribution in [1.82, 2.24) is 14.9 Å². The van der Waals surface area contributed by atoms with Crippen LogP contribution < -0.4 is 15.0 Å². The van der Waals surface area contributed by atoms with Gasteiger partial charge in [0.1, 0.15) is 46.9 Å². The molecule has 3 aliphatic rings. The maximum absolute atomic E-state index is 13.3. The number of urea groups is 1. The molecule has 40 heavy (non-hydrogen) atoms. The average Bonchev–Trinajstić information content (AvgIpc) is 3.49. The van der Waals surface area contributed by atoms with Gasteiger partial charge in [-0.2, -0.15) is 5.26 Å². The van der Waals surface area contributed by atoms with Crippen LogP contribution in [0.1, 0.15) is 59.3 Å². The highest BCUT2D eigenvalue weighted by Crippen LogP contribution is 2.32. The van der Waals surface area contributed by atoms with E-state index in [1.54, 1.807) is 19.1 Å². The molecule has 0 bridgehead atoms. The van der Waals surface area contributed by atoms with Gasteiger partial charge in [-0.15, -0.1) is 0 Å². The Kier molecular flexibility index (Phi) is 8.23. The van der Waals surface area contributed by atoms with E-state index in [4.69, 9.17) is 14.2 Å². The molecule has 1 N–H and O–H groups in total. The van der Waals surface area contributed by atoms with Crippen LogP contribution in [-0.4, -0.2) is 78.7 Å². The molecule has 12 nitrogen and oxygen atoms in total. The summed E-state index contributed by atoms with van der Waals surface area (Å²) in [5, 5.41) is 12.3. The maximum Gasteiger partial charge on any atom is 0.328 e. The van der Waals surface area contributed by atoms with Gasteiger partial charge in [0.2, 0.25) is 0 Å². The van der Waals surface area contributed by atoms with Crippen LogP contribution in [0.5, 0.6) is 5.75 Å². The molecule has 2 aromatic heterocycles. The van der Waals surface area contributed by atoms with Gasteiger partial charge in [0.15, 0.2) is 6.29 Å². The van der Waals surface area contributed by atoms with E-state index in [2.05, 4.69) is 21.4 Å². The van der Waals surface area contributed by atoms with Crippen LogP contribution in [0.2, 0.25) is 0 Å². The van der Waals surface area contributed by atoms with E-state index in [0.29, 0.717) is 55.8 Å². The van der Waals surface area contributed by atoms with Crippen molar-refractivity contribution in [3.05, 3.63) is 40.7 Å². The fraction of sp³-hybridized carbons (Fsp3) is 0.500. The second-order valence-corrected chi connectivity index (χ2v) is 10.2. The van der Waals surface area contributed by atoms with Crippen LogP contribution in [0.15, 0.2) is 18.3 Å². The zero-order valence-corrected chi connectivity index (χ0v) is 22.6. The number of anilines is 2. The summed E-state index contributed by atoms with van der Waals surface area (Å²) in [6.45, 7) is 1.18. The fourth-order valence-corrected chi connectivity index (χ4v) is 5.21. The van der Waals surface area contributed by atoms with Crippen LogP contribution in [0.25, 0.3) is 0 Å². The Morgan fingerprint density at radius 2 is 2.10 bits per heavy atom. The molecule has 210 valence electrons. The molecule has 1 saturated carbocycles. The lowest BCUT2D eigenvalue weighted by molar-refractivity contribution is -0.140. The largest absolute Gasteiger partial charge is 0.486 e. The number of nitriles is 1. The van der Waals surface area contributed by atoms with E-state index < -0.39 is 12.1 Å². The average molecular weight is 549 g/mol. The molecule has 5 rings (SSSR count). The van der Waals surface area contributed by atoms with Gasteiger partial charge in [0.25, 0.3) is 5.91 Å². The Bertz CT molecular complexity index is 1340. The number of ether oxygens (including phenoxy) is 3. The topological polar surface area (TPSA) is 147 Å². The van der Waals surface area contributed by atoms with Crippen LogP contribution >= 0.6 is 0 Å². The summed E-state index contributed by atoms with van der Waals surface area (Å²) in [5.74, 6) is 0.818. The van der Waals surface area contributed by atoms with E-state index in [-0.39, 0.29) is 41.7 Å². The van der Waals surface area contributed by atoms with Crippen molar-refractivity contribution >= 4 is 29.9 Å². The Hall–Kier alpha value is -4.08. The molecule has 2 fully saturated rings. The lowest BCUT2D eigenvalue weighted by Crippen LogP contribution is -2.42. The molecule has 1 aliphatic carbocycles. The third-order valence-corrected chi connectivity index (χ3v) is 7.57. The molecular weight excluding hydrogens is 516 g/mol. The van der Waals surface area contributed by atoms with Crippen molar-refractivity contribution in [1.29, 1.82) is 5.26 Å². The summed E-state index contributed by atoms with van der Waals surface area (Å²) in [6.07, 6.45) is 5.94. The highest BCUT2D eigenvalue weighted by atomic mass is 16.5. The minimum atomic E-state index is -0.467. The molecule has 1 saturated heterocycles. The number of aryl methyl sites for hydroxylation is 1. The highest BCUT2D eigenvalue weighted by molar-refractivity contribution is 6.01. The number of pyridine rings is 2. The molecule has 0 radical (unpaired) electrons. The van der Waals surface area contributed by atoms with Gasteiger partial charge >= 0.3 is 6.03 Å². The number of carbonyl (C=O) groups is 3. The minimum absolute atomic E-state index is 0.0421. The molecule has 2 aromatic rings. The van der Waals surface area contributed by atoms with Gasteiger partial charge in [-0.05, 0) is 50.2 Å². The van der Waals surface area contributed by atoms with Crippen molar-refractivity contribution in [2.24, 2.45) is 0 Å². The highest BCUT2D eigenvalue weighted by Gasteiger charge is 2.34. The molecule has 4 heterocycles. The summed E-state index contributed by atoms with van der Waals surface area (Å²) in [4.78, 5) is 49.8. The Morgan fingerprint density at radius 3 is 2.77 bits per heavy atom. The van der Waals surface area contributed by atoms with E-state index >= 15 is 0 Å². The predicted molar refractivity (Wildman–Crippen MR) is 143 cm³/mol. The monoisotopic (exact) mass is 548 g/mol. The number of aldehydes is 1. The number of methoxy groups -OCH3 is 1. The standard InChI is InChI=1S/C28H32N6O6/c1-33(27(36)23-6-4-10-39-23)15-18-11-17-5-3-9-34(26(17)31-20(18)16-35)28(37)32-25-12-24(19(13-29)14-30-25)40-22-8-7-21(22)38-2/h11-12,14,16,21-23H,3-10,15H2,1-2H3,(H,30,32,37)/t21-,22-,23+/m0/s1. The predicted octanol–water partition coefficient (Wildman–Crippen LogP) is 2.84. The third-order valence-electron chi connectivity index (χ3n) is 7.57. The van der Waals surface area contributed by atoms with E-state index in [1.807, 2.05) is 6.07 Å². The number of carbonyl (C=O) groups excluding carboxylic acids is 3. The molecular formula is C28H32N6O6. The van der Waals surface area contributed by atoms with Crippen LogP contribution in [-0.2, 0) is 27.2 Å². The zero-order chi connectivity index (χ0) is 28.2. The number of amides is 3. The van der Waals surface area contributed by atoms with E-state index in [9.17, 15) is 19.6 Å². The second-order valence-electron chi connectivity index (χ2n) is 10.2. The fourth-order valence-electron chi connectivity index (χ4n) is 5.21. The van der Waals surface area contributed by atoms with Gasteiger partial charge in [-0.1, -0.05) is 0 Å². The van der Waals surface area contributed by atoms with Gasteiger partial charge in [0, 0.05) is 45.5 Å². The normalized spacial score (nSPS) is 21.5. The number of hydrogen-bond acceptors (Lipinski definition) is 9. The Balaban J connectivity index is 1.32. The van der Waals surface area contributed by atoms with Crippen molar-refractivity contribution < 1.29 is 28.6 Å². The molecule has 0 aromatic carbocycles. The van der Waals surface area contributed by atoms with Gasteiger partial charge in [-0.3, -0.25) is 19.8 Å². The van der Waals surface area contributed by atoms with Crippen LogP contribution in [0, 0.1) is 11.3 Å². The number of likely N-dealkylation sites (N-methyl/N-ethyl adjacent to an activating group) is 1. The van der Waals surface area contributed by atoms with Crippen LogP contribution in [0.4, 0.5) is 16.4 Å². The minimum Gasteiger partial charge on any atom is -0.486 e. The Morgan fingerprint density at radius 1 is 1.27 bits per heavy atom. The number of fused-ring (bicyclic) bond motifs is 1. The molecule has 3 amide bonds. The van der Waals surface area contributed by atoms with Gasteiger partial charge in [-0.25, -0.2) is 14.8 Å². The SMILES string of the molecule is CO[C@H]1CC[C@@H]1Oc1cc(NC(=O)N2CCCc3cc(CN(C)C(=O)[C@H]4CCCO4)c(C=O)nc32)ncc1C#N. The number of aromatic nitrogens is 2. The first kappa shape index (κ1) is 27.5. The lowest BCUT2D eigenvalue weighted by Gasteiger charge is -2.35. The van der Waals surface area contributed by atoms with Crippen LogP contribution in [0.3, 0.4) is 0 Å². The van der Waals surface area contributed by atoms with Gasteiger partial charge < -0.3 is 19.1 Å². The van der Waals surface area contributed by atoms with Crippen molar-refractivity contribution in [2.45, 2.75) is 63.4 Å². The van der Waals surface area contributed by atoms with Crippen molar-refractivity contribution in [2.75, 3.05) is 37.5 Å². The van der Waals surface area contributed by atoms with Crippen molar-refractivity contribution in [3.63, 3.8) is 0 Å². The van der Waals surface area contributed by atoms with Crippen molar-refractivity contribution in [3.8, 4) is 11.8 Å². The summed E-state index contributed by atoms with van der Waals surface area (Å²) in [6, 6.07) is 4.98. The lowest BCUT2D eigenvalue weighted by atomic mass is 9.92. The first-order valence-corrected chi connectivity index (χ1v) is 13.4. The number of hydrogen-bond donors (Lipinski definition) is 1. The maximum atomic E-state index is 13.3. The molecule has 12 heteroatoms.